The maximum absolute atomic E-state index is 11.6. The van der Waals surface area contributed by atoms with Crippen molar-refractivity contribution in [2.75, 3.05) is 13.7 Å². The summed E-state index contributed by atoms with van der Waals surface area (Å²) in [5.74, 6) is 1.15. The Morgan fingerprint density at radius 3 is 3.11 bits per heavy atom. The van der Waals surface area contributed by atoms with Gasteiger partial charge in [0, 0.05) is 0 Å². The second-order valence-electron chi connectivity index (χ2n) is 3.95. The molecule has 0 unspecified atom stereocenters. The fourth-order valence-corrected chi connectivity index (χ4v) is 2.11. The van der Waals surface area contributed by atoms with Gasteiger partial charge in [0.2, 0.25) is 0 Å². The zero-order valence-electron chi connectivity index (χ0n) is 9.92. The number of methoxy groups -OCH3 is 1. The third kappa shape index (κ3) is 1.55. The Bertz CT molecular complexity index is 604. The van der Waals surface area contributed by atoms with Crippen molar-refractivity contribution in [1.82, 2.24) is 9.55 Å². The third-order valence-electron chi connectivity index (χ3n) is 2.95. The maximum atomic E-state index is 11.6. The molecule has 0 spiro atoms. The topological polar surface area (TPSA) is 53.3 Å². The number of hydrogen-bond donors (Lipinski definition) is 0. The first-order valence-corrected chi connectivity index (χ1v) is 5.67. The lowest BCUT2D eigenvalue weighted by molar-refractivity contribution is 0.0588. The first-order valence-electron chi connectivity index (χ1n) is 5.67. The normalized spacial score (nSPS) is 12.9. The average molecular weight is 244 g/mol. The van der Waals surface area contributed by atoms with Crippen LogP contribution in [0.4, 0.5) is 0 Å². The minimum atomic E-state index is -0.381. The van der Waals surface area contributed by atoms with Crippen molar-refractivity contribution in [3.8, 4) is 17.1 Å². The number of imidazole rings is 1. The van der Waals surface area contributed by atoms with Crippen molar-refractivity contribution in [3.05, 3.63) is 36.2 Å². The Kier molecular flexibility index (Phi) is 2.51. The van der Waals surface area contributed by atoms with E-state index in [1.54, 1.807) is 6.20 Å². The Morgan fingerprint density at radius 2 is 2.28 bits per heavy atom. The Labute approximate surface area is 104 Å². The van der Waals surface area contributed by atoms with Crippen molar-refractivity contribution in [1.29, 1.82) is 0 Å². The molecule has 1 aliphatic rings. The van der Waals surface area contributed by atoms with Gasteiger partial charge in [-0.3, -0.25) is 0 Å². The number of rotatable bonds is 1. The number of carbonyl (C=O) groups excluding carboxylic acids is 1. The molecule has 5 nitrogen and oxygen atoms in total. The molecule has 0 aliphatic carbocycles. The summed E-state index contributed by atoms with van der Waals surface area (Å²) in [6.45, 7) is 1.08. The van der Waals surface area contributed by atoms with Gasteiger partial charge in [-0.1, -0.05) is 12.1 Å². The zero-order chi connectivity index (χ0) is 12.5. The van der Waals surface area contributed by atoms with Gasteiger partial charge in [0.05, 0.1) is 25.4 Å². The quantitative estimate of drug-likeness (QED) is 0.717. The smallest absolute Gasteiger partial charge is 0.356 e. The van der Waals surface area contributed by atoms with Crippen molar-refractivity contribution in [2.45, 2.75) is 6.54 Å². The molecular formula is C13H12N2O3. The lowest BCUT2D eigenvalue weighted by atomic mass is 10.2. The van der Waals surface area contributed by atoms with E-state index in [9.17, 15) is 4.79 Å². The Morgan fingerprint density at radius 1 is 1.44 bits per heavy atom. The van der Waals surface area contributed by atoms with Crippen LogP contribution in [0.25, 0.3) is 11.4 Å². The third-order valence-corrected chi connectivity index (χ3v) is 2.95. The van der Waals surface area contributed by atoms with Gasteiger partial charge in [-0.2, -0.15) is 0 Å². The predicted octanol–water partition coefficient (Wildman–Crippen LogP) is 1.73. The van der Waals surface area contributed by atoms with Gasteiger partial charge in [-0.05, 0) is 12.1 Å². The first kappa shape index (κ1) is 10.8. The van der Waals surface area contributed by atoms with E-state index in [1.807, 2.05) is 28.8 Å². The lowest BCUT2D eigenvalue weighted by Gasteiger charge is -2.06. The van der Waals surface area contributed by atoms with Crippen LogP contribution >= 0.6 is 0 Å². The molecule has 0 saturated heterocycles. The monoisotopic (exact) mass is 244 g/mol. The highest BCUT2D eigenvalue weighted by Gasteiger charge is 2.22. The fraction of sp³-hybridized carbons (Fsp3) is 0.231. The molecule has 92 valence electrons. The lowest BCUT2D eigenvalue weighted by Crippen LogP contribution is -2.13. The number of ether oxygens (including phenoxy) is 2. The van der Waals surface area contributed by atoms with Crippen LogP contribution in [0.2, 0.25) is 0 Å². The molecule has 1 aliphatic heterocycles. The summed E-state index contributed by atoms with van der Waals surface area (Å²) in [6, 6.07) is 7.67. The highest BCUT2D eigenvalue weighted by Crippen LogP contribution is 2.31. The molecule has 2 aromatic rings. The highest BCUT2D eigenvalue weighted by molar-refractivity contribution is 5.88. The molecule has 0 radical (unpaired) electrons. The van der Waals surface area contributed by atoms with Crippen molar-refractivity contribution < 1.29 is 14.3 Å². The molecule has 0 atom stereocenters. The number of esters is 1. The maximum Gasteiger partial charge on any atom is 0.356 e. The van der Waals surface area contributed by atoms with E-state index in [2.05, 4.69) is 4.98 Å². The van der Waals surface area contributed by atoms with Gasteiger partial charge in [0.25, 0.3) is 0 Å². The van der Waals surface area contributed by atoms with Crippen molar-refractivity contribution in [2.24, 2.45) is 0 Å². The molecule has 1 aromatic heterocycles. The number of aromatic nitrogens is 2. The van der Waals surface area contributed by atoms with Crippen LogP contribution in [0.5, 0.6) is 5.75 Å². The summed E-state index contributed by atoms with van der Waals surface area (Å²) in [6.07, 6.45) is 1.54. The van der Waals surface area contributed by atoms with E-state index in [0.29, 0.717) is 18.8 Å². The van der Waals surface area contributed by atoms with Crippen LogP contribution in [-0.2, 0) is 11.3 Å². The van der Waals surface area contributed by atoms with Gasteiger partial charge in [-0.15, -0.1) is 0 Å². The molecule has 3 rings (SSSR count). The Balaban J connectivity index is 2.18. The van der Waals surface area contributed by atoms with Crippen molar-refractivity contribution >= 4 is 5.97 Å². The van der Waals surface area contributed by atoms with Crippen LogP contribution in [-0.4, -0.2) is 29.2 Å². The van der Waals surface area contributed by atoms with Gasteiger partial charge in [-0.25, -0.2) is 9.78 Å². The molecule has 18 heavy (non-hydrogen) atoms. The number of nitrogens with zero attached hydrogens (tertiary/aromatic N) is 2. The molecule has 2 heterocycles. The second kappa shape index (κ2) is 4.18. The second-order valence-corrected chi connectivity index (χ2v) is 3.95. The number of benzene rings is 1. The van der Waals surface area contributed by atoms with Crippen LogP contribution in [0, 0.1) is 0 Å². The molecule has 0 fully saturated rings. The minimum absolute atomic E-state index is 0.381. The van der Waals surface area contributed by atoms with E-state index in [4.69, 9.17) is 9.47 Å². The van der Waals surface area contributed by atoms with Gasteiger partial charge < -0.3 is 14.0 Å². The van der Waals surface area contributed by atoms with Crippen LogP contribution in [0.1, 0.15) is 10.5 Å². The van der Waals surface area contributed by atoms with Crippen molar-refractivity contribution in [3.63, 3.8) is 0 Å². The highest BCUT2D eigenvalue weighted by atomic mass is 16.5. The first-order chi connectivity index (χ1) is 8.81. The molecule has 0 amide bonds. The summed E-state index contributed by atoms with van der Waals surface area (Å²) >= 11 is 0. The fourth-order valence-electron chi connectivity index (χ4n) is 2.11. The summed E-state index contributed by atoms with van der Waals surface area (Å²) in [5.41, 5.74) is 1.35. The SMILES string of the molecule is COC(=O)c1cnc2n1CCOc1ccccc1-2. The summed E-state index contributed by atoms with van der Waals surface area (Å²) in [5, 5.41) is 0. The minimum Gasteiger partial charge on any atom is -0.491 e. The number of hydrogen-bond acceptors (Lipinski definition) is 4. The zero-order valence-corrected chi connectivity index (χ0v) is 9.92. The number of para-hydroxylation sites is 1. The molecule has 0 N–H and O–H groups in total. The summed E-state index contributed by atoms with van der Waals surface area (Å²) in [4.78, 5) is 16.0. The summed E-state index contributed by atoms with van der Waals surface area (Å²) in [7, 11) is 1.36. The number of fused-ring (bicyclic) bond motifs is 3. The van der Waals surface area contributed by atoms with E-state index in [-0.39, 0.29) is 5.97 Å². The molecule has 1 aromatic carbocycles. The van der Waals surface area contributed by atoms with E-state index >= 15 is 0 Å². The predicted molar refractivity (Wildman–Crippen MR) is 64.5 cm³/mol. The average Bonchev–Trinajstić information content (AvgIpc) is 2.74. The van der Waals surface area contributed by atoms with E-state index in [1.165, 1.54) is 7.11 Å². The van der Waals surface area contributed by atoms with Gasteiger partial charge >= 0.3 is 5.97 Å². The summed E-state index contributed by atoms with van der Waals surface area (Å²) < 4.78 is 12.2. The van der Waals surface area contributed by atoms with E-state index < -0.39 is 0 Å². The standard InChI is InChI=1S/C13H12N2O3/c1-17-13(16)10-8-14-12-9-4-2-3-5-11(9)18-7-6-15(10)12/h2-5,8H,6-7H2,1H3. The van der Waals surface area contributed by atoms with Crippen LogP contribution < -0.4 is 4.74 Å². The molecular weight excluding hydrogens is 232 g/mol. The molecule has 0 bridgehead atoms. The van der Waals surface area contributed by atoms with Gasteiger partial charge in [0.15, 0.2) is 0 Å². The van der Waals surface area contributed by atoms with E-state index in [0.717, 1.165) is 17.1 Å². The largest absolute Gasteiger partial charge is 0.491 e. The van der Waals surface area contributed by atoms with Crippen LogP contribution in [0.15, 0.2) is 30.5 Å². The molecule has 5 heteroatoms. The Hall–Kier alpha value is -2.30. The molecule has 0 saturated carbocycles. The van der Waals surface area contributed by atoms with Crippen LogP contribution in [0.3, 0.4) is 0 Å². The number of carbonyl (C=O) groups is 1. The van der Waals surface area contributed by atoms with Gasteiger partial charge in [0.1, 0.15) is 23.9 Å².